The quantitative estimate of drug-likeness (QED) is 0.506. The molecule has 0 fully saturated rings. The predicted octanol–water partition coefficient (Wildman–Crippen LogP) is 1.12. The number of carbonyl (C=O) groups excluding carboxylic acids is 2. The average Bonchev–Trinajstić information content (AvgIpc) is 2.75. The van der Waals surface area contributed by atoms with Crippen molar-refractivity contribution in [2.24, 2.45) is 5.14 Å². The zero-order chi connectivity index (χ0) is 23.3. The van der Waals surface area contributed by atoms with E-state index in [1.54, 1.807) is 0 Å². The van der Waals surface area contributed by atoms with Crippen LogP contribution in [0.2, 0.25) is 0 Å². The van der Waals surface area contributed by atoms with Crippen molar-refractivity contribution in [2.75, 3.05) is 5.32 Å². The number of sulfonamides is 1. The number of rotatable bonds is 7. The van der Waals surface area contributed by atoms with E-state index in [1.165, 1.54) is 43.3 Å². The summed E-state index contributed by atoms with van der Waals surface area (Å²) in [5.41, 5.74) is 0.602. The molecule has 0 bridgehead atoms. The van der Waals surface area contributed by atoms with Crippen LogP contribution >= 0.6 is 0 Å². The van der Waals surface area contributed by atoms with Crippen LogP contribution in [0, 0.1) is 0 Å². The van der Waals surface area contributed by atoms with Gasteiger partial charge in [0.1, 0.15) is 0 Å². The van der Waals surface area contributed by atoms with E-state index in [9.17, 15) is 22.8 Å². The van der Waals surface area contributed by atoms with Gasteiger partial charge in [0.15, 0.2) is 11.8 Å². The number of hydrogen-bond donors (Lipinski definition) is 2. The number of anilines is 1. The zero-order valence-electron chi connectivity index (χ0n) is 17.0. The fraction of sp³-hybridized carbons (Fsp3) is 0.143. The van der Waals surface area contributed by atoms with Gasteiger partial charge in [0.2, 0.25) is 10.0 Å². The Morgan fingerprint density at radius 1 is 1.06 bits per heavy atom. The first-order chi connectivity index (χ1) is 15.1. The Bertz CT molecular complexity index is 1290. The van der Waals surface area contributed by atoms with Crippen LogP contribution in [0.25, 0.3) is 0 Å². The van der Waals surface area contributed by atoms with E-state index in [1.807, 2.05) is 30.3 Å². The van der Waals surface area contributed by atoms with Gasteiger partial charge in [0.25, 0.3) is 11.5 Å². The molecule has 32 heavy (non-hydrogen) atoms. The van der Waals surface area contributed by atoms with Crippen LogP contribution in [-0.2, 0) is 26.1 Å². The van der Waals surface area contributed by atoms with Gasteiger partial charge in [-0.15, -0.1) is 0 Å². The Labute approximate surface area is 183 Å². The van der Waals surface area contributed by atoms with E-state index in [4.69, 9.17) is 9.88 Å². The standard InChI is InChI=1S/C21H20N4O6S/c1-14(20(27)23-16-7-9-17(10-8-16)32(22,29)30)31-21(28)18-11-12-19(26)25(24-18)13-15-5-3-2-4-6-15/h2-12,14H,13H2,1H3,(H,23,27)(H2,22,29,30)/t14-/m1/s1. The third-order valence-corrected chi connectivity index (χ3v) is 5.28. The van der Waals surface area contributed by atoms with Crippen molar-refractivity contribution in [1.82, 2.24) is 9.78 Å². The topological polar surface area (TPSA) is 150 Å². The molecule has 0 spiro atoms. The van der Waals surface area contributed by atoms with Crippen molar-refractivity contribution >= 4 is 27.6 Å². The molecule has 0 aliphatic heterocycles. The van der Waals surface area contributed by atoms with Crippen LogP contribution < -0.4 is 16.0 Å². The molecule has 1 amide bonds. The molecular formula is C21H20N4O6S. The van der Waals surface area contributed by atoms with Gasteiger partial charge in [-0.3, -0.25) is 9.59 Å². The number of amides is 1. The van der Waals surface area contributed by atoms with Crippen molar-refractivity contribution in [1.29, 1.82) is 0 Å². The predicted molar refractivity (Wildman–Crippen MR) is 115 cm³/mol. The van der Waals surface area contributed by atoms with E-state index in [0.717, 1.165) is 10.2 Å². The number of nitrogens with one attached hydrogen (secondary N) is 1. The molecule has 166 valence electrons. The summed E-state index contributed by atoms with van der Waals surface area (Å²) in [6.07, 6.45) is -1.18. The molecule has 3 aromatic rings. The minimum absolute atomic E-state index is 0.105. The zero-order valence-corrected chi connectivity index (χ0v) is 17.8. The van der Waals surface area contributed by atoms with Gasteiger partial charge in [0.05, 0.1) is 11.4 Å². The maximum Gasteiger partial charge on any atom is 0.359 e. The summed E-state index contributed by atoms with van der Waals surface area (Å²) < 4.78 is 28.8. The molecule has 10 nitrogen and oxygen atoms in total. The second-order valence-electron chi connectivity index (χ2n) is 6.81. The van der Waals surface area contributed by atoms with E-state index in [0.29, 0.717) is 5.69 Å². The first-order valence-electron chi connectivity index (χ1n) is 9.40. The Morgan fingerprint density at radius 3 is 2.34 bits per heavy atom. The maximum absolute atomic E-state index is 12.4. The van der Waals surface area contributed by atoms with Crippen LogP contribution in [0.1, 0.15) is 23.0 Å². The number of carbonyl (C=O) groups is 2. The SMILES string of the molecule is C[C@@H](OC(=O)c1ccc(=O)n(Cc2ccccc2)n1)C(=O)Nc1ccc(S(N)(=O)=O)cc1. The highest BCUT2D eigenvalue weighted by Gasteiger charge is 2.21. The highest BCUT2D eigenvalue weighted by atomic mass is 32.2. The fourth-order valence-corrected chi connectivity index (χ4v) is 3.19. The summed E-state index contributed by atoms with van der Waals surface area (Å²) in [7, 11) is -3.85. The molecule has 1 atom stereocenters. The average molecular weight is 456 g/mol. The summed E-state index contributed by atoms with van der Waals surface area (Å²) in [6.45, 7) is 1.54. The minimum Gasteiger partial charge on any atom is -0.448 e. The molecular weight excluding hydrogens is 436 g/mol. The number of benzene rings is 2. The molecule has 3 rings (SSSR count). The Kier molecular flexibility index (Phi) is 6.81. The number of aromatic nitrogens is 2. The van der Waals surface area contributed by atoms with Gasteiger partial charge in [-0.1, -0.05) is 30.3 Å². The molecule has 0 saturated carbocycles. The number of ether oxygens (including phenoxy) is 1. The Morgan fingerprint density at radius 2 is 1.72 bits per heavy atom. The van der Waals surface area contributed by atoms with E-state index in [2.05, 4.69) is 10.4 Å². The van der Waals surface area contributed by atoms with Crippen LogP contribution in [0.4, 0.5) is 5.69 Å². The van der Waals surface area contributed by atoms with Crippen molar-refractivity contribution in [3.8, 4) is 0 Å². The third-order valence-electron chi connectivity index (χ3n) is 4.35. The largest absolute Gasteiger partial charge is 0.448 e. The van der Waals surface area contributed by atoms with Crippen LogP contribution in [-0.4, -0.2) is 36.2 Å². The molecule has 0 radical (unpaired) electrons. The monoisotopic (exact) mass is 456 g/mol. The molecule has 3 N–H and O–H groups in total. The van der Waals surface area contributed by atoms with Crippen LogP contribution in [0.15, 0.2) is 76.4 Å². The summed E-state index contributed by atoms with van der Waals surface area (Å²) in [4.78, 5) is 36.7. The van der Waals surface area contributed by atoms with Crippen LogP contribution in [0.3, 0.4) is 0 Å². The maximum atomic E-state index is 12.4. The number of nitrogens with zero attached hydrogens (tertiary/aromatic N) is 2. The van der Waals surface area contributed by atoms with Gasteiger partial charge in [-0.2, -0.15) is 5.10 Å². The number of hydrogen-bond acceptors (Lipinski definition) is 7. The molecule has 1 heterocycles. The van der Waals surface area contributed by atoms with Gasteiger partial charge < -0.3 is 10.1 Å². The molecule has 0 aliphatic rings. The Balaban J connectivity index is 1.65. The Hall–Kier alpha value is -3.83. The van der Waals surface area contributed by atoms with Crippen molar-refractivity contribution in [3.05, 3.63) is 88.3 Å². The smallest absolute Gasteiger partial charge is 0.359 e. The summed E-state index contributed by atoms with van der Waals surface area (Å²) in [6, 6.07) is 16.7. The van der Waals surface area contributed by atoms with E-state index < -0.39 is 28.0 Å². The summed E-state index contributed by atoms with van der Waals surface area (Å²) >= 11 is 0. The van der Waals surface area contributed by atoms with Gasteiger partial charge in [0, 0.05) is 11.8 Å². The van der Waals surface area contributed by atoms with Gasteiger partial charge >= 0.3 is 5.97 Å². The number of esters is 1. The van der Waals surface area contributed by atoms with Gasteiger partial charge in [-0.25, -0.2) is 23.0 Å². The van der Waals surface area contributed by atoms with Gasteiger partial charge in [-0.05, 0) is 42.8 Å². The number of primary sulfonamides is 1. The highest BCUT2D eigenvalue weighted by molar-refractivity contribution is 7.89. The van der Waals surface area contributed by atoms with E-state index >= 15 is 0 Å². The van der Waals surface area contributed by atoms with Crippen molar-refractivity contribution < 1.29 is 22.7 Å². The lowest BCUT2D eigenvalue weighted by Crippen LogP contribution is -2.31. The summed E-state index contributed by atoms with van der Waals surface area (Å²) in [5.74, 6) is -1.52. The highest BCUT2D eigenvalue weighted by Crippen LogP contribution is 2.13. The normalized spacial score (nSPS) is 12.1. The minimum atomic E-state index is -3.85. The lowest BCUT2D eigenvalue weighted by molar-refractivity contribution is -0.123. The summed E-state index contributed by atoms with van der Waals surface area (Å²) in [5, 5.41) is 11.6. The number of nitrogens with two attached hydrogens (primary N) is 1. The molecule has 0 saturated heterocycles. The molecule has 0 aliphatic carbocycles. The molecule has 0 unspecified atom stereocenters. The third kappa shape index (κ3) is 5.86. The van der Waals surface area contributed by atoms with Crippen LogP contribution in [0.5, 0.6) is 0 Å². The fourth-order valence-electron chi connectivity index (χ4n) is 2.67. The first kappa shape index (κ1) is 22.8. The molecule has 11 heteroatoms. The second-order valence-corrected chi connectivity index (χ2v) is 8.37. The van der Waals surface area contributed by atoms with Crippen molar-refractivity contribution in [3.63, 3.8) is 0 Å². The lowest BCUT2D eigenvalue weighted by Gasteiger charge is -2.14. The second kappa shape index (κ2) is 9.54. The molecule has 1 aromatic heterocycles. The lowest BCUT2D eigenvalue weighted by atomic mass is 10.2. The van der Waals surface area contributed by atoms with E-state index in [-0.39, 0.29) is 22.7 Å². The molecule has 2 aromatic carbocycles. The van der Waals surface area contributed by atoms with Crippen molar-refractivity contribution in [2.45, 2.75) is 24.5 Å². The first-order valence-corrected chi connectivity index (χ1v) is 10.9.